The Hall–Kier alpha value is -1.67. The zero-order valence-electron chi connectivity index (χ0n) is 14.4. The maximum atomic E-state index is 12.0. The molecule has 1 aliphatic carbocycles. The molecule has 1 saturated heterocycles. The fourth-order valence-corrected chi connectivity index (χ4v) is 3.98. The van der Waals surface area contributed by atoms with E-state index in [-0.39, 0.29) is 30.5 Å². The third-order valence-corrected chi connectivity index (χ3v) is 5.41. The van der Waals surface area contributed by atoms with Crippen LogP contribution in [-0.2, 0) is 16.0 Å². The third-order valence-electron chi connectivity index (χ3n) is 4.61. The van der Waals surface area contributed by atoms with E-state index in [2.05, 4.69) is 20.9 Å². The van der Waals surface area contributed by atoms with Crippen LogP contribution in [-0.4, -0.2) is 42.2 Å². The molecule has 0 spiro atoms. The van der Waals surface area contributed by atoms with Crippen LogP contribution in [0.25, 0.3) is 0 Å². The predicted molar refractivity (Wildman–Crippen MR) is 96.8 cm³/mol. The molecule has 2 fully saturated rings. The van der Waals surface area contributed by atoms with E-state index in [1.807, 2.05) is 5.38 Å². The average Bonchev–Trinajstić information content (AvgIpc) is 3.26. The first kappa shape index (κ1) is 18.1. The van der Waals surface area contributed by atoms with Gasteiger partial charge in [-0.2, -0.15) is 0 Å². The zero-order valence-corrected chi connectivity index (χ0v) is 15.2. The molecule has 0 radical (unpaired) electrons. The molecule has 0 bridgehead atoms. The number of nitrogens with one attached hydrogen (secondary N) is 3. The Morgan fingerprint density at radius 1 is 1.20 bits per heavy atom. The van der Waals surface area contributed by atoms with Crippen LogP contribution in [0.3, 0.4) is 0 Å². The normalized spacial score (nSPS) is 21.0. The predicted octanol–water partition coefficient (Wildman–Crippen LogP) is 2.44. The van der Waals surface area contributed by atoms with Gasteiger partial charge in [-0.1, -0.05) is 19.3 Å². The van der Waals surface area contributed by atoms with Crippen LogP contribution in [0.4, 0.5) is 9.93 Å². The number of ether oxygens (including phenoxy) is 1. The van der Waals surface area contributed by atoms with E-state index in [9.17, 15) is 9.59 Å². The lowest BCUT2D eigenvalue weighted by atomic mass is 9.96. The van der Waals surface area contributed by atoms with Crippen LogP contribution in [0.2, 0.25) is 0 Å². The molecule has 1 aromatic heterocycles. The smallest absolute Gasteiger partial charge is 0.321 e. The molecular formula is C17H26N4O3S. The van der Waals surface area contributed by atoms with Crippen LogP contribution >= 0.6 is 11.3 Å². The summed E-state index contributed by atoms with van der Waals surface area (Å²) in [6, 6.07) is 0.0485. The van der Waals surface area contributed by atoms with Crippen molar-refractivity contribution in [3.05, 3.63) is 11.1 Å². The Morgan fingerprint density at radius 2 is 2.04 bits per heavy atom. The summed E-state index contributed by atoms with van der Waals surface area (Å²) in [4.78, 5) is 28.3. The summed E-state index contributed by atoms with van der Waals surface area (Å²) < 4.78 is 5.48. The molecule has 7 nitrogen and oxygen atoms in total. The largest absolute Gasteiger partial charge is 0.376 e. The highest BCUT2D eigenvalue weighted by atomic mass is 32.1. The highest BCUT2D eigenvalue weighted by Crippen LogP contribution is 2.19. The van der Waals surface area contributed by atoms with E-state index >= 15 is 0 Å². The van der Waals surface area contributed by atoms with Crippen molar-refractivity contribution in [1.29, 1.82) is 0 Å². The van der Waals surface area contributed by atoms with Crippen LogP contribution in [0.5, 0.6) is 0 Å². The number of aromatic nitrogens is 1. The first-order valence-corrected chi connectivity index (χ1v) is 9.97. The van der Waals surface area contributed by atoms with Crippen molar-refractivity contribution in [2.45, 2.75) is 63.5 Å². The molecule has 1 saturated carbocycles. The third kappa shape index (κ3) is 5.97. The van der Waals surface area contributed by atoms with E-state index in [0.717, 1.165) is 32.3 Å². The minimum absolute atomic E-state index is 0.0704. The van der Waals surface area contributed by atoms with Crippen molar-refractivity contribution in [3.63, 3.8) is 0 Å². The topological polar surface area (TPSA) is 92.4 Å². The molecule has 3 N–H and O–H groups in total. The van der Waals surface area contributed by atoms with Crippen molar-refractivity contribution >= 4 is 28.4 Å². The number of thiazole rings is 1. The van der Waals surface area contributed by atoms with Gasteiger partial charge in [0.1, 0.15) is 0 Å². The first-order valence-electron chi connectivity index (χ1n) is 9.09. The maximum absolute atomic E-state index is 12.0. The van der Waals surface area contributed by atoms with Gasteiger partial charge in [-0.25, -0.2) is 9.78 Å². The van der Waals surface area contributed by atoms with Gasteiger partial charge in [0.05, 0.1) is 18.2 Å². The molecule has 1 atom stereocenters. The molecule has 138 valence electrons. The number of hydrogen-bond donors (Lipinski definition) is 3. The molecular weight excluding hydrogens is 340 g/mol. The van der Waals surface area contributed by atoms with Crippen molar-refractivity contribution in [2.24, 2.45) is 0 Å². The van der Waals surface area contributed by atoms with Gasteiger partial charge in [-0.05, 0) is 25.7 Å². The quantitative estimate of drug-likeness (QED) is 0.721. The summed E-state index contributed by atoms with van der Waals surface area (Å²) in [5.41, 5.74) is 0.669. The monoisotopic (exact) mass is 366 g/mol. The Balaban J connectivity index is 1.38. The highest BCUT2D eigenvalue weighted by Gasteiger charge is 2.18. The summed E-state index contributed by atoms with van der Waals surface area (Å²) in [6.45, 7) is 1.34. The number of carbonyl (C=O) groups excluding carboxylic acids is 2. The van der Waals surface area contributed by atoms with E-state index in [1.165, 1.54) is 30.6 Å². The number of rotatable bonds is 6. The van der Waals surface area contributed by atoms with Crippen molar-refractivity contribution in [3.8, 4) is 0 Å². The number of urea groups is 1. The molecule has 1 aliphatic heterocycles. The summed E-state index contributed by atoms with van der Waals surface area (Å²) in [5, 5.41) is 11.0. The summed E-state index contributed by atoms with van der Waals surface area (Å²) in [6.07, 6.45) is 8.11. The van der Waals surface area contributed by atoms with Crippen molar-refractivity contribution in [2.75, 3.05) is 18.5 Å². The maximum Gasteiger partial charge on any atom is 0.321 e. The van der Waals surface area contributed by atoms with Gasteiger partial charge in [0, 0.05) is 24.6 Å². The molecule has 3 rings (SSSR count). The standard InChI is InChI=1S/C17H26N4O3S/c22-15(18-10-14-7-4-8-24-14)9-13-11-25-17(20-13)21-16(23)19-12-5-2-1-3-6-12/h11-12,14H,1-10H2,(H,18,22)(H2,19,20,21,23). The second-order valence-corrected chi connectivity index (χ2v) is 7.55. The van der Waals surface area contributed by atoms with Crippen LogP contribution < -0.4 is 16.0 Å². The summed E-state index contributed by atoms with van der Waals surface area (Å²) in [7, 11) is 0. The molecule has 2 aliphatic rings. The van der Waals surface area contributed by atoms with Gasteiger partial charge in [-0.3, -0.25) is 10.1 Å². The number of carbonyl (C=O) groups is 2. The molecule has 3 amide bonds. The molecule has 25 heavy (non-hydrogen) atoms. The Bertz CT molecular complexity index is 580. The minimum Gasteiger partial charge on any atom is -0.376 e. The second-order valence-electron chi connectivity index (χ2n) is 6.69. The van der Waals surface area contributed by atoms with Gasteiger partial charge < -0.3 is 15.4 Å². The van der Waals surface area contributed by atoms with Crippen LogP contribution in [0, 0.1) is 0 Å². The van der Waals surface area contributed by atoms with E-state index in [1.54, 1.807) is 0 Å². The molecule has 1 unspecified atom stereocenters. The van der Waals surface area contributed by atoms with Crippen LogP contribution in [0.15, 0.2) is 5.38 Å². The minimum atomic E-state index is -0.212. The Morgan fingerprint density at radius 3 is 2.80 bits per heavy atom. The van der Waals surface area contributed by atoms with Crippen molar-refractivity contribution < 1.29 is 14.3 Å². The number of nitrogens with zero attached hydrogens (tertiary/aromatic N) is 1. The van der Waals surface area contributed by atoms with Crippen LogP contribution in [0.1, 0.15) is 50.6 Å². The van der Waals surface area contributed by atoms with Gasteiger partial charge in [-0.15, -0.1) is 11.3 Å². The lowest BCUT2D eigenvalue weighted by molar-refractivity contribution is -0.121. The number of amides is 3. The number of anilines is 1. The average molecular weight is 366 g/mol. The zero-order chi connectivity index (χ0) is 17.5. The molecule has 8 heteroatoms. The van der Waals surface area contributed by atoms with Gasteiger partial charge >= 0.3 is 6.03 Å². The number of hydrogen-bond acceptors (Lipinski definition) is 5. The van der Waals surface area contributed by atoms with Gasteiger partial charge in [0.15, 0.2) is 5.13 Å². The Kier molecular flexibility index (Phi) is 6.63. The Labute approximate surface area is 151 Å². The van der Waals surface area contributed by atoms with E-state index in [0.29, 0.717) is 17.4 Å². The first-order chi connectivity index (χ1) is 12.2. The van der Waals surface area contributed by atoms with Gasteiger partial charge in [0.25, 0.3) is 0 Å². The SMILES string of the molecule is O=C(Cc1csc(NC(=O)NC2CCCCC2)n1)NCC1CCCO1. The van der Waals surface area contributed by atoms with Gasteiger partial charge in [0.2, 0.25) is 5.91 Å². The molecule has 0 aromatic carbocycles. The fraction of sp³-hybridized carbons (Fsp3) is 0.706. The second kappa shape index (κ2) is 9.15. The molecule has 1 aromatic rings. The lowest BCUT2D eigenvalue weighted by Crippen LogP contribution is -2.39. The molecule has 2 heterocycles. The summed E-state index contributed by atoms with van der Waals surface area (Å²) >= 11 is 1.34. The van der Waals surface area contributed by atoms with Crippen molar-refractivity contribution in [1.82, 2.24) is 15.6 Å². The van der Waals surface area contributed by atoms with E-state index < -0.39 is 0 Å². The van der Waals surface area contributed by atoms with E-state index in [4.69, 9.17) is 4.74 Å². The summed E-state index contributed by atoms with van der Waals surface area (Å²) in [5.74, 6) is -0.0704. The highest BCUT2D eigenvalue weighted by molar-refractivity contribution is 7.13. The fourth-order valence-electron chi connectivity index (χ4n) is 3.27. The lowest BCUT2D eigenvalue weighted by Gasteiger charge is -2.22.